The van der Waals surface area contributed by atoms with Crippen LogP contribution in [-0.2, 0) is 17.8 Å². The van der Waals surface area contributed by atoms with Gasteiger partial charge in [-0.05, 0) is 67.4 Å². The number of aryl methyl sites for hydroxylation is 1. The predicted molar refractivity (Wildman–Crippen MR) is 146 cm³/mol. The van der Waals surface area contributed by atoms with E-state index in [9.17, 15) is 9.59 Å². The number of urea groups is 1. The second-order valence-corrected chi connectivity index (χ2v) is 8.59. The lowest BCUT2D eigenvalue weighted by Crippen LogP contribution is -2.44. The summed E-state index contributed by atoms with van der Waals surface area (Å²) in [6.07, 6.45) is 2.16. The molecule has 0 aliphatic heterocycles. The molecule has 9 heteroatoms. The van der Waals surface area contributed by atoms with Crippen LogP contribution in [0.3, 0.4) is 0 Å². The Labute approximate surface area is 223 Å². The van der Waals surface area contributed by atoms with E-state index in [0.717, 1.165) is 11.3 Å². The summed E-state index contributed by atoms with van der Waals surface area (Å²) >= 11 is 0. The number of anilines is 1. The first-order chi connectivity index (χ1) is 18.4. The molecule has 1 aromatic heterocycles. The Hall–Kier alpha value is -4.40. The van der Waals surface area contributed by atoms with E-state index >= 15 is 0 Å². The lowest BCUT2D eigenvalue weighted by molar-refractivity contribution is -0.132. The van der Waals surface area contributed by atoms with Gasteiger partial charge in [-0.2, -0.15) is 0 Å². The van der Waals surface area contributed by atoms with Crippen LogP contribution in [0.15, 0.2) is 71.7 Å². The number of hydrogen-bond acceptors (Lipinski definition) is 6. The molecule has 0 saturated carbocycles. The van der Waals surface area contributed by atoms with E-state index in [4.69, 9.17) is 18.6 Å². The van der Waals surface area contributed by atoms with Gasteiger partial charge in [0.2, 0.25) is 5.91 Å². The van der Waals surface area contributed by atoms with Crippen LogP contribution in [0.25, 0.3) is 0 Å². The van der Waals surface area contributed by atoms with Gasteiger partial charge in [-0.25, -0.2) is 4.79 Å². The quantitative estimate of drug-likeness (QED) is 0.322. The van der Waals surface area contributed by atoms with Crippen molar-refractivity contribution in [3.05, 3.63) is 84.3 Å². The SMILES string of the molecule is C=CCN(CC(=O)N(CCc1ccc(OC)c(OC)c1)Cc1ccc(C)o1)C(=O)Nc1ccc(OC)cc1. The number of rotatable bonds is 13. The summed E-state index contributed by atoms with van der Waals surface area (Å²) in [6, 6.07) is 15.9. The van der Waals surface area contributed by atoms with Crippen LogP contribution >= 0.6 is 0 Å². The second kappa shape index (κ2) is 13.8. The van der Waals surface area contributed by atoms with Crippen LogP contribution < -0.4 is 19.5 Å². The Morgan fingerprint density at radius 3 is 2.29 bits per heavy atom. The van der Waals surface area contributed by atoms with Crippen molar-refractivity contribution in [3.63, 3.8) is 0 Å². The maximum absolute atomic E-state index is 13.5. The summed E-state index contributed by atoms with van der Waals surface area (Å²) in [6.45, 7) is 6.37. The highest BCUT2D eigenvalue weighted by Crippen LogP contribution is 2.28. The Morgan fingerprint density at radius 1 is 0.947 bits per heavy atom. The van der Waals surface area contributed by atoms with Gasteiger partial charge in [0.25, 0.3) is 0 Å². The highest BCUT2D eigenvalue weighted by Gasteiger charge is 2.22. The van der Waals surface area contributed by atoms with Gasteiger partial charge in [0.1, 0.15) is 23.8 Å². The van der Waals surface area contributed by atoms with Crippen molar-refractivity contribution in [3.8, 4) is 17.2 Å². The lowest BCUT2D eigenvalue weighted by Gasteiger charge is -2.27. The van der Waals surface area contributed by atoms with Crippen molar-refractivity contribution in [1.82, 2.24) is 9.80 Å². The fourth-order valence-electron chi connectivity index (χ4n) is 3.87. The molecule has 1 N–H and O–H groups in total. The molecule has 38 heavy (non-hydrogen) atoms. The predicted octanol–water partition coefficient (Wildman–Crippen LogP) is 4.91. The number of amides is 3. The van der Waals surface area contributed by atoms with Crippen molar-refractivity contribution in [2.24, 2.45) is 0 Å². The number of ether oxygens (including phenoxy) is 3. The molecule has 0 spiro atoms. The number of furan rings is 1. The third-order valence-corrected chi connectivity index (χ3v) is 5.92. The minimum absolute atomic E-state index is 0.125. The first-order valence-electron chi connectivity index (χ1n) is 12.2. The van der Waals surface area contributed by atoms with E-state index in [2.05, 4.69) is 11.9 Å². The first-order valence-corrected chi connectivity index (χ1v) is 12.2. The monoisotopic (exact) mass is 521 g/mol. The summed E-state index contributed by atoms with van der Waals surface area (Å²) in [5, 5.41) is 2.83. The van der Waals surface area contributed by atoms with E-state index in [1.807, 2.05) is 37.3 Å². The maximum Gasteiger partial charge on any atom is 0.322 e. The number of hydrogen-bond donors (Lipinski definition) is 1. The van der Waals surface area contributed by atoms with Crippen LogP contribution in [0.4, 0.5) is 10.5 Å². The Balaban J connectivity index is 1.73. The summed E-state index contributed by atoms with van der Waals surface area (Å²) in [4.78, 5) is 29.6. The molecule has 1 heterocycles. The van der Waals surface area contributed by atoms with Gasteiger partial charge in [0.05, 0.1) is 27.9 Å². The molecule has 0 saturated heterocycles. The Bertz CT molecular complexity index is 1220. The van der Waals surface area contributed by atoms with Crippen molar-refractivity contribution in [2.45, 2.75) is 19.9 Å². The highest BCUT2D eigenvalue weighted by molar-refractivity contribution is 5.92. The van der Waals surface area contributed by atoms with Gasteiger partial charge in [-0.15, -0.1) is 6.58 Å². The molecule has 0 fully saturated rings. The van der Waals surface area contributed by atoms with E-state index in [-0.39, 0.29) is 25.5 Å². The second-order valence-electron chi connectivity index (χ2n) is 8.59. The van der Waals surface area contributed by atoms with E-state index in [1.54, 1.807) is 56.6 Å². The topological polar surface area (TPSA) is 93.5 Å². The molecule has 3 amide bonds. The molecular formula is C29H35N3O6. The summed E-state index contributed by atoms with van der Waals surface area (Å²) in [7, 11) is 4.75. The smallest absolute Gasteiger partial charge is 0.322 e. The largest absolute Gasteiger partial charge is 0.497 e. The lowest BCUT2D eigenvalue weighted by atomic mass is 10.1. The van der Waals surface area contributed by atoms with Crippen molar-refractivity contribution >= 4 is 17.6 Å². The maximum atomic E-state index is 13.5. The van der Waals surface area contributed by atoms with Crippen LogP contribution in [0.2, 0.25) is 0 Å². The molecule has 2 aromatic carbocycles. The molecule has 0 atom stereocenters. The van der Waals surface area contributed by atoms with Crippen LogP contribution in [0.5, 0.6) is 17.2 Å². The Morgan fingerprint density at radius 2 is 1.68 bits per heavy atom. The normalized spacial score (nSPS) is 10.4. The van der Waals surface area contributed by atoms with E-state index < -0.39 is 6.03 Å². The fourth-order valence-corrected chi connectivity index (χ4v) is 3.87. The molecule has 0 radical (unpaired) electrons. The number of carbonyl (C=O) groups is 2. The number of nitrogens with one attached hydrogen (secondary N) is 1. The molecule has 0 aliphatic rings. The minimum Gasteiger partial charge on any atom is -0.497 e. The number of carbonyl (C=O) groups excluding carboxylic acids is 2. The van der Waals surface area contributed by atoms with Gasteiger partial charge in [0.15, 0.2) is 11.5 Å². The zero-order valence-electron chi connectivity index (χ0n) is 22.4. The Kier molecular flexibility index (Phi) is 10.2. The van der Waals surface area contributed by atoms with E-state index in [1.165, 1.54) is 4.90 Å². The number of methoxy groups -OCH3 is 3. The van der Waals surface area contributed by atoms with Crippen LogP contribution in [0, 0.1) is 6.92 Å². The van der Waals surface area contributed by atoms with Gasteiger partial charge < -0.3 is 33.7 Å². The number of nitrogens with zero attached hydrogens (tertiary/aromatic N) is 2. The molecule has 9 nitrogen and oxygen atoms in total. The van der Waals surface area contributed by atoms with Crippen molar-refractivity contribution in [1.29, 1.82) is 0 Å². The average molecular weight is 522 g/mol. The molecule has 3 rings (SSSR count). The van der Waals surface area contributed by atoms with Gasteiger partial charge >= 0.3 is 6.03 Å². The highest BCUT2D eigenvalue weighted by atomic mass is 16.5. The molecule has 0 aliphatic carbocycles. The first kappa shape index (κ1) is 28.2. The average Bonchev–Trinajstić information content (AvgIpc) is 3.35. The fraction of sp³-hybridized carbons (Fsp3) is 0.310. The van der Waals surface area contributed by atoms with Gasteiger partial charge in [0, 0.05) is 18.8 Å². The van der Waals surface area contributed by atoms with Crippen molar-refractivity contribution < 1.29 is 28.2 Å². The molecule has 0 bridgehead atoms. The molecule has 3 aromatic rings. The minimum atomic E-state index is -0.405. The summed E-state index contributed by atoms with van der Waals surface area (Å²) in [5.74, 6) is 3.15. The molecular weight excluding hydrogens is 486 g/mol. The zero-order chi connectivity index (χ0) is 27.5. The van der Waals surface area contributed by atoms with Gasteiger partial charge in [-0.1, -0.05) is 12.1 Å². The van der Waals surface area contributed by atoms with E-state index in [0.29, 0.717) is 41.7 Å². The molecule has 202 valence electrons. The standard InChI is InChI=1S/C29H35N3O6/c1-6-16-32(29(34)30-23-9-12-24(35-3)13-10-23)20-28(33)31(19-25-11-7-21(2)38-25)17-15-22-8-14-26(36-4)27(18-22)37-5/h6-14,18H,1,15-17,19-20H2,2-5H3,(H,30,34). The zero-order valence-corrected chi connectivity index (χ0v) is 22.4. The number of benzene rings is 2. The van der Waals surface area contributed by atoms with Crippen LogP contribution in [0.1, 0.15) is 17.1 Å². The van der Waals surface area contributed by atoms with Crippen molar-refractivity contribution in [2.75, 3.05) is 46.3 Å². The summed E-state index contributed by atoms with van der Waals surface area (Å²) in [5.41, 5.74) is 1.57. The third kappa shape index (κ3) is 7.80. The third-order valence-electron chi connectivity index (χ3n) is 5.92. The summed E-state index contributed by atoms with van der Waals surface area (Å²) < 4.78 is 21.6. The van der Waals surface area contributed by atoms with Gasteiger partial charge in [-0.3, -0.25) is 4.79 Å². The molecule has 0 unspecified atom stereocenters. The van der Waals surface area contributed by atoms with Crippen LogP contribution in [-0.4, -0.2) is 62.7 Å².